The maximum absolute atomic E-state index is 12.7. The zero-order chi connectivity index (χ0) is 21.6. The molecule has 0 bridgehead atoms. The first kappa shape index (κ1) is 22.2. The number of alkyl halides is 2. The second kappa shape index (κ2) is 9.90. The maximum Gasteiger partial charge on any atom is 0.387 e. The van der Waals surface area contributed by atoms with Gasteiger partial charge in [-0.05, 0) is 36.6 Å². The first-order valence-electron chi connectivity index (χ1n) is 9.02. The lowest BCUT2D eigenvalue weighted by molar-refractivity contribution is -0.0512. The van der Waals surface area contributed by atoms with Gasteiger partial charge in [-0.1, -0.05) is 19.4 Å². The molecule has 0 saturated heterocycles. The molecule has 2 N–H and O–H groups in total. The van der Waals surface area contributed by atoms with Crippen LogP contribution in [0.2, 0.25) is 0 Å². The van der Waals surface area contributed by atoms with Gasteiger partial charge in [0.1, 0.15) is 5.69 Å². The zero-order valence-electron chi connectivity index (χ0n) is 16.7. The molecule has 0 atom stereocenters. The third kappa shape index (κ3) is 5.24. The van der Waals surface area contributed by atoms with E-state index in [1.54, 1.807) is 13.0 Å². The number of hydrogen-bond acceptors (Lipinski definition) is 5. The number of carbonyl (C=O) groups excluding carboxylic acids is 2. The van der Waals surface area contributed by atoms with Crippen molar-refractivity contribution in [3.05, 3.63) is 46.3 Å². The number of amides is 1. The van der Waals surface area contributed by atoms with Crippen LogP contribution in [0.4, 0.5) is 8.78 Å². The number of H-pyrrole nitrogens is 1. The molecule has 0 unspecified atom stereocenters. The van der Waals surface area contributed by atoms with Crippen molar-refractivity contribution in [3.8, 4) is 11.5 Å². The van der Waals surface area contributed by atoms with Crippen LogP contribution in [-0.2, 0) is 17.7 Å². The molecule has 1 aromatic carbocycles. The highest BCUT2D eigenvalue weighted by molar-refractivity contribution is 6.00. The quantitative estimate of drug-likeness (QED) is 0.617. The molecule has 0 spiro atoms. The third-order valence-electron chi connectivity index (χ3n) is 4.30. The predicted octanol–water partition coefficient (Wildman–Crippen LogP) is 3.60. The Morgan fingerprint density at radius 1 is 1.21 bits per heavy atom. The minimum absolute atomic E-state index is 0.0921. The Balaban J connectivity index is 2.20. The summed E-state index contributed by atoms with van der Waals surface area (Å²) in [6.45, 7) is 0.808. The SMILES string of the molecule is CCCc1c(C(=O)NCc2ccc(OC(F)F)c(OC)c2)[nH]c(C)c1C(=O)OC. The fourth-order valence-corrected chi connectivity index (χ4v) is 3.03. The largest absolute Gasteiger partial charge is 0.493 e. The number of hydrogen-bond donors (Lipinski definition) is 2. The van der Waals surface area contributed by atoms with E-state index < -0.39 is 18.5 Å². The Kier molecular flexibility index (Phi) is 7.58. The number of carbonyl (C=O) groups is 2. The summed E-state index contributed by atoms with van der Waals surface area (Å²) in [6, 6.07) is 4.40. The van der Waals surface area contributed by atoms with Crippen molar-refractivity contribution in [3.63, 3.8) is 0 Å². The molecule has 1 aromatic heterocycles. The summed E-state index contributed by atoms with van der Waals surface area (Å²) in [6.07, 6.45) is 1.27. The summed E-state index contributed by atoms with van der Waals surface area (Å²) in [5.41, 5.74) is 2.46. The van der Waals surface area contributed by atoms with E-state index in [0.29, 0.717) is 34.5 Å². The van der Waals surface area contributed by atoms with E-state index in [2.05, 4.69) is 15.0 Å². The highest BCUT2D eigenvalue weighted by Crippen LogP contribution is 2.29. The number of aromatic nitrogens is 1. The molecule has 2 aromatic rings. The molecular weight excluding hydrogens is 386 g/mol. The standard InChI is InChI=1S/C20H24F2N2O5/c1-5-6-13-16(19(26)28-4)11(2)24-17(13)18(25)23-10-12-7-8-14(29-20(21)22)15(9-12)27-3/h7-9,20,24H,5-6,10H2,1-4H3,(H,23,25). The predicted molar refractivity (Wildman–Crippen MR) is 102 cm³/mol. The monoisotopic (exact) mass is 410 g/mol. The van der Waals surface area contributed by atoms with Gasteiger partial charge in [0.2, 0.25) is 0 Å². The second-order valence-corrected chi connectivity index (χ2v) is 6.27. The molecule has 29 heavy (non-hydrogen) atoms. The normalized spacial score (nSPS) is 10.7. The summed E-state index contributed by atoms with van der Waals surface area (Å²) in [5, 5.41) is 2.76. The number of aromatic amines is 1. The summed E-state index contributed by atoms with van der Waals surface area (Å²) in [7, 11) is 2.63. The van der Waals surface area contributed by atoms with Crippen molar-refractivity contribution in [1.29, 1.82) is 0 Å². The van der Waals surface area contributed by atoms with E-state index in [1.807, 2.05) is 6.92 Å². The lowest BCUT2D eigenvalue weighted by Crippen LogP contribution is -2.24. The van der Waals surface area contributed by atoms with E-state index in [9.17, 15) is 18.4 Å². The van der Waals surface area contributed by atoms with Gasteiger partial charge in [0, 0.05) is 12.2 Å². The van der Waals surface area contributed by atoms with Crippen LogP contribution >= 0.6 is 0 Å². The molecule has 0 aliphatic carbocycles. The Labute approximate surface area is 167 Å². The number of methoxy groups -OCH3 is 2. The topological polar surface area (TPSA) is 89.7 Å². The number of nitrogens with one attached hydrogen (secondary N) is 2. The molecule has 0 fully saturated rings. The molecule has 1 amide bonds. The fraction of sp³-hybridized carbons (Fsp3) is 0.400. The fourth-order valence-electron chi connectivity index (χ4n) is 3.03. The summed E-state index contributed by atoms with van der Waals surface area (Å²) in [5.74, 6) is -0.850. The first-order chi connectivity index (χ1) is 13.8. The molecule has 158 valence electrons. The lowest BCUT2D eigenvalue weighted by atomic mass is 10.0. The number of esters is 1. The van der Waals surface area contributed by atoms with Crippen molar-refractivity contribution in [2.75, 3.05) is 14.2 Å². The number of aryl methyl sites for hydroxylation is 1. The van der Waals surface area contributed by atoms with Crippen molar-refractivity contribution >= 4 is 11.9 Å². The molecule has 0 aliphatic rings. The van der Waals surface area contributed by atoms with Gasteiger partial charge < -0.3 is 24.5 Å². The average molecular weight is 410 g/mol. The Morgan fingerprint density at radius 3 is 2.52 bits per heavy atom. The minimum Gasteiger partial charge on any atom is -0.493 e. The summed E-state index contributed by atoms with van der Waals surface area (Å²) in [4.78, 5) is 27.7. The number of halogens is 2. The molecule has 0 saturated carbocycles. The van der Waals surface area contributed by atoms with Gasteiger partial charge in [-0.15, -0.1) is 0 Å². The zero-order valence-corrected chi connectivity index (χ0v) is 16.7. The van der Waals surface area contributed by atoms with Crippen molar-refractivity contribution in [2.24, 2.45) is 0 Å². The van der Waals surface area contributed by atoms with Gasteiger partial charge >= 0.3 is 12.6 Å². The number of benzene rings is 1. The van der Waals surface area contributed by atoms with Crippen molar-refractivity contribution in [2.45, 2.75) is 39.8 Å². The number of ether oxygens (including phenoxy) is 3. The van der Waals surface area contributed by atoms with Gasteiger partial charge in [0.05, 0.1) is 19.8 Å². The van der Waals surface area contributed by atoms with E-state index in [0.717, 1.165) is 6.42 Å². The second-order valence-electron chi connectivity index (χ2n) is 6.27. The Bertz CT molecular complexity index is 880. The lowest BCUT2D eigenvalue weighted by Gasteiger charge is -2.12. The molecule has 2 rings (SSSR count). The minimum atomic E-state index is -2.97. The number of rotatable bonds is 9. The van der Waals surface area contributed by atoms with Crippen LogP contribution in [0.3, 0.4) is 0 Å². The van der Waals surface area contributed by atoms with Crippen molar-refractivity contribution in [1.82, 2.24) is 10.3 Å². The van der Waals surface area contributed by atoms with Gasteiger partial charge in [0.15, 0.2) is 11.5 Å². The van der Waals surface area contributed by atoms with Crippen LogP contribution in [0, 0.1) is 6.92 Å². The maximum atomic E-state index is 12.7. The van der Waals surface area contributed by atoms with E-state index in [-0.39, 0.29) is 18.0 Å². The summed E-state index contributed by atoms with van der Waals surface area (Å²) >= 11 is 0. The highest BCUT2D eigenvalue weighted by atomic mass is 19.3. The van der Waals surface area contributed by atoms with Gasteiger partial charge in [-0.2, -0.15) is 8.78 Å². The Hall–Kier alpha value is -3.10. The molecule has 7 nitrogen and oxygen atoms in total. The molecule has 0 radical (unpaired) electrons. The van der Waals surface area contributed by atoms with Gasteiger partial charge in [-0.25, -0.2) is 4.79 Å². The smallest absolute Gasteiger partial charge is 0.387 e. The average Bonchev–Trinajstić information content (AvgIpc) is 3.02. The Morgan fingerprint density at radius 2 is 1.93 bits per heavy atom. The molecule has 9 heteroatoms. The summed E-state index contributed by atoms with van der Waals surface area (Å²) < 4.78 is 39.1. The van der Waals surface area contributed by atoms with Gasteiger partial charge in [-0.3, -0.25) is 4.79 Å². The van der Waals surface area contributed by atoms with Crippen LogP contribution in [-0.4, -0.2) is 37.7 Å². The molecular formula is C20H24F2N2O5. The highest BCUT2D eigenvalue weighted by Gasteiger charge is 2.24. The third-order valence-corrected chi connectivity index (χ3v) is 4.30. The van der Waals surface area contributed by atoms with E-state index >= 15 is 0 Å². The van der Waals surface area contributed by atoms with Crippen molar-refractivity contribution < 1.29 is 32.6 Å². The van der Waals surface area contributed by atoms with Crippen LogP contribution in [0.5, 0.6) is 11.5 Å². The molecule has 0 aliphatic heterocycles. The van der Waals surface area contributed by atoms with Crippen LogP contribution in [0.25, 0.3) is 0 Å². The molecule has 1 heterocycles. The first-order valence-corrected chi connectivity index (χ1v) is 9.02. The van der Waals surface area contributed by atoms with E-state index in [1.165, 1.54) is 26.4 Å². The van der Waals surface area contributed by atoms with Crippen LogP contribution in [0.1, 0.15) is 51.0 Å². The van der Waals surface area contributed by atoms with Crippen LogP contribution in [0.15, 0.2) is 18.2 Å². The van der Waals surface area contributed by atoms with E-state index in [4.69, 9.17) is 9.47 Å². The van der Waals surface area contributed by atoms with Gasteiger partial charge in [0.25, 0.3) is 5.91 Å². The van der Waals surface area contributed by atoms with Crippen LogP contribution < -0.4 is 14.8 Å².